The van der Waals surface area contributed by atoms with Crippen LogP contribution in [0, 0.1) is 20.8 Å². The van der Waals surface area contributed by atoms with Crippen LogP contribution in [0.4, 0.5) is 0 Å². The molecule has 0 unspecified atom stereocenters. The normalized spacial score (nSPS) is 14.0. The predicted molar refractivity (Wildman–Crippen MR) is 84.4 cm³/mol. The molecule has 3 nitrogen and oxygen atoms in total. The van der Waals surface area contributed by atoms with Gasteiger partial charge in [-0.25, -0.2) is 0 Å². The van der Waals surface area contributed by atoms with Gasteiger partial charge in [-0.2, -0.15) is 0 Å². The van der Waals surface area contributed by atoms with Gasteiger partial charge in [0.25, 0.3) is 5.91 Å². The first-order valence-corrected chi connectivity index (χ1v) is 7.40. The van der Waals surface area contributed by atoms with Crippen LogP contribution in [0.15, 0.2) is 30.5 Å². The molecule has 2 aromatic rings. The second-order valence-corrected chi connectivity index (χ2v) is 5.90. The summed E-state index contributed by atoms with van der Waals surface area (Å²) in [6.45, 7) is 6.13. The van der Waals surface area contributed by atoms with Gasteiger partial charge in [0.05, 0.1) is 0 Å². The highest BCUT2D eigenvalue weighted by molar-refractivity contribution is 5.96. The van der Waals surface area contributed by atoms with Crippen LogP contribution in [0.3, 0.4) is 0 Å². The molecule has 1 aromatic heterocycles. The Morgan fingerprint density at radius 1 is 1.14 bits per heavy atom. The second kappa shape index (κ2) is 5.32. The molecule has 1 amide bonds. The third-order valence-electron chi connectivity index (χ3n) is 4.06. The van der Waals surface area contributed by atoms with Crippen LogP contribution in [0.5, 0.6) is 0 Å². The Hall–Kier alpha value is -2.16. The van der Waals surface area contributed by atoms with Crippen molar-refractivity contribution in [3.8, 4) is 11.1 Å². The van der Waals surface area contributed by atoms with Crippen molar-refractivity contribution < 1.29 is 4.79 Å². The molecule has 3 heteroatoms. The van der Waals surface area contributed by atoms with E-state index in [9.17, 15) is 4.79 Å². The Morgan fingerprint density at radius 3 is 2.57 bits per heavy atom. The maximum absolute atomic E-state index is 12.2. The quantitative estimate of drug-likeness (QED) is 0.934. The van der Waals surface area contributed by atoms with E-state index in [-0.39, 0.29) is 5.91 Å². The number of nitrogens with one attached hydrogen (secondary N) is 1. The third-order valence-corrected chi connectivity index (χ3v) is 4.06. The van der Waals surface area contributed by atoms with Gasteiger partial charge in [-0.05, 0) is 68.5 Å². The molecule has 0 aliphatic heterocycles. The Morgan fingerprint density at radius 2 is 1.90 bits per heavy atom. The number of nitrogens with zero attached hydrogens (tertiary/aromatic N) is 1. The maximum Gasteiger partial charge on any atom is 0.251 e. The highest BCUT2D eigenvalue weighted by Gasteiger charge is 2.24. The topological polar surface area (TPSA) is 42.0 Å². The highest BCUT2D eigenvalue weighted by atomic mass is 16.1. The number of hydrogen-bond donors (Lipinski definition) is 1. The molecule has 0 bridgehead atoms. The molecule has 1 aliphatic carbocycles. The number of rotatable bonds is 3. The fraction of sp³-hybridized carbons (Fsp3) is 0.333. The molecule has 1 aliphatic rings. The SMILES string of the molecule is Cc1ccc(C(=O)NC2CC2)cc1-c1cnc(C)c(C)c1. The Balaban J connectivity index is 1.96. The van der Waals surface area contributed by atoms with Crippen LogP contribution in [-0.2, 0) is 0 Å². The van der Waals surface area contributed by atoms with Crippen LogP contribution in [0.1, 0.15) is 40.0 Å². The van der Waals surface area contributed by atoms with Crippen LogP contribution in [0.25, 0.3) is 11.1 Å². The number of carbonyl (C=O) groups is 1. The van der Waals surface area contributed by atoms with E-state index in [1.807, 2.05) is 31.3 Å². The zero-order valence-electron chi connectivity index (χ0n) is 12.7. The molecule has 1 aromatic carbocycles. The summed E-state index contributed by atoms with van der Waals surface area (Å²) < 4.78 is 0. The summed E-state index contributed by atoms with van der Waals surface area (Å²) in [4.78, 5) is 16.6. The molecule has 108 valence electrons. The summed E-state index contributed by atoms with van der Waals surface area (Å²) in [5.74, 6) is 0.0237. The van der Waals surface area contributed by atoms with E-state index in [4.69, 9.17) is 0 Å². The lowest BCUT2D eigenvalue weighted by Gasteiger charge is -2.11. The molecule has 0 atom stereocenters. The number of aromatic nitrogens is 1. The number of hydrogen-bond acceptors (Lipinski definition) is 2. The molecule has 1 heterocycles. The molecule has 0 saturated heterocycles. The average molecular weight is 280 g/mol. The molecular formula is C18H20N2O. The number of carbonyl (C=O) groups excluding carboxylic acids is 1. The van der Waals surface area contributed by atoms with Gasteiger partial charge in [0, 0.05) is 29.1 Å². The summed E-state index contributed by atoms with van der Waals surface area (Å²) >= 11 is 0. The molecular weight excluding hydrogens is 260 g/mol. The van der Waals surface area contributed by atoms with Gasteiger partial charge in [-0.15, -0.1) is 0 Å². The van der Waals surface area contributed by atoms with Crippen molar-refractivity contribution in [3.05, 3.63) is 52.8 Å². The zero-order chi connectivity index (χ0) is 15.0. The third kappa shape index (κ3) is 2.97. The largest absolute Gasteiger partial charge is 0.349 e. The lowest BCUT2D eigenvalue weighted by Crippen LogP contribution is -2.25. The fourth-order valence-corrected chi connectivity index (χ4v) is 2.36. The Bertz CT molecular complexity index is 702. The summed E-state index contributed by atoms with van der Waals surface area (Å²) in [7, 11) is 0. The number of amides is 1. The molecule has 21 heavy (non-hydrogen) atoms. The lowest BCUT2D eigenvalue weighted by atomic mass is 9.97. The Labute approximate surface area is 125 Å². The monoisotopic (exact) mass is 280 g/mol. The van der Waals surface area contributed by atoms with Gasteiger partial charge in [-0.3, -0.25) is 9.78 Å². The van der Waals surface area contributed by atoms with E-state index in [0.29, 0.717) is 6.04 Å². The van der Waals surface area contributed by atoms with Gasteiger partial charge >= 0.3 is 0 Å². The number of pyridine rings is 1. The summed E-state index contributed by atoms with van der Waals surface area (Å²) in [5.41, 5.74) is 6.23. The van der Waals surface area contributed by atoms with Crippen molar-refractivity contribution in [2.45, 2.75) is 39.7 Å². The van der Waals surface area contributed by atoms with Crippen molar-refractivity contribution >= 4 is 5.91 Å². The minimum Gasteiger partial charge on any atom is -0.349 e. The smallest absolute Gasteiger partial charge is 0.251 e. The zero-order valence-corrected chi connectivity index (χ0v) is 12.7. The van der Waals surface area contributed by atoms with Gasteiger partial charge in [0.15, 0.2) is 0 Å². The molecule has 1 fully saturated rings. The van der Waals surface area contributed by atoms with E-state index in [1.54, 1.807) is 0 Å². The predicted octanol–water partition coefficient (Wildman–Crippen LogP) is 3.57. The van der Waals surface area contributed by atoms with Gasteiger partial charge in [0.2, 0.25) is 0 Å². The molecule has 1 saturated carbocycles. The number of aryl methyl sites for hydroxylation is 3. The standard InChI is InChI=1S/C18H20N2O/c1-11-4-5-14(18(21)20-16-6-7-16)9-17(11)15-8-12(2)13(3)19-10-15/h4-5,8-10,16H,6-7H2,1-3H3,(H,20,21). The van der Waals surface area contributed by atoms with Crippen LogP contribution in [0.2, 0.25) is 0 Å². The van der Waals surface area contributed by atoms with E-state index in [1.165, 1.54) is 5.56 Å². The lowest BCUT2D eigenvalue weighted by molar-refractivity contribution is 0.0951. The average Bonchev–Trinajstić information content (AvgIpc) is 3.26. The minimum atomic E-state index is 0.0237. The van der Waals surface area contributed by atoms with Crippen LogP contribution < -0.4 is 5.32 Å². The molecule has 0 spiro atoms. The Kier molecular flexibility index (Phi) is 3.50. The summed E-state index contributed by atoms with van der Waals surface area (Å²) in [6, 6.07) is 8.38. The fourth-order valence-electron chi connectivity index (χ4n) is 2.36. The second-order valence-electron chi connectivity index (χ2n) is 5.90. The minimum absolute atomic E-state index is 0.0237. The van der Waals surface area contributed by atoms with E-state index >= 15 is 0 Å². The van der Waals surface area contributed by atoms with Gasteiger partial charge < -0.3 is 5.32 Å². The first-order chi connectivity index (χ1) is 10.0. The summed E-state index contributed by atoms with van der Waals surface area (Å²) in [6.07, 6.45) is 4.09. The molecule has 3 rings (SSSR count). The first kappa shape index (κ1) is 13.8. The highest BCUT2D eigenvalue weighted by Crippen LogP contribution is 2.26. The molecule has 0 radical (unpaired) electrons. The summed E-state index contributed by atoms with van der Waals surface area (Å²) in [5, 5.41) is 3.03. The van der Waals surface area contributed by atoms with Crippen molar-refractivity contribution in [3.63, 3.8) is 0 Å². The van der Waals surface area contributed by atoms with E-state index in [0.717, 1.165) is 40.8 Å². The van der Waals surface area contributed by atoms with Crippen molar-refractivity contribution in [1.82, 2.24) is 10.3 Å². The van der Waals surface area contributed by atoms with Gasteiger partial charge in [-0.1, -0.05) is 6.07 Å². The van der Waals surface area contributed by atoms with Crippen molar-refractivity contribution in [1.29, 1.82) is 0 Å². The van der Waals surface area contributed by atoms with Crippen LogP contribution >= 0.6 is 0 Å². The van der Waals surface area contributed by atoms with Gasteiger partial charge in [0.1, 0.15) is 0 Å². The maximum atomic E-state index is 12.2. The van der Waals surface area contributed by atoms with Crippen LogP contribution in [-0.4, -0.2) is 16.9 Å². The van der Waals surface area contributed by atoms with E-state index < -0.39 is 0 Å². The first-order valence-electron chi connectivity index (χ1n) is 7.40. The van der Waals surface area contributed by atoms with Crippen molar-refractivity contribution in [2.24, 2.45) is 0 Å². The van der Waals surface area contributed by atoms with E-state index in [2.05, 4.69) is 30.2 Å². The van der Waals surface area contributed by atoms with Crippen molar-refractivity contribution in [2.75, 3.05) is 0 Å². The number of benzene rings is 1. The molecule has 1 N–H and O–H groups in total.